The van der Waals surface area contributed by atoms with Gasteiger partial charge in [0.1, 0.15) is 17.3 Å². The van der Waals surface area contributed by atoms with E-state index in [0.717, 1.165) is 11.3 Å². The van der Waals surface area contributed by atoms with Crippen molar-refractivity contribution in [2.45, 2.75) is 0 Å². The van der Waals surface area contributed by atoms with Crippen LogP contribution in [0, 0.1) is 0 Å². The van der Waals surface area contributed by atoms with Gasteiger partial charge in [-0.1, -0.05) is 11.6 Å². The summed E-state index contributed by atoms with van der Waals surface area (Å²) < 4.78 is 5.05. The van der Waals surface area contributed by atoms with Crippen LogP contribution in [0.15, 0.2) is 48.0 Å². The summed E-state index contributed by atoms with van der Waals surface area (Å²) in [5.41, 5.74) is 0.633. The quantitative estimate of drug-likeness (QED) is 0.695. The molecule has 0 unspecified atom stereocenters. The number of hydrogen-bond donors (Lipinski definition) is 2. The van der Waals surface area contributed by atoms with E-state index >= 15 is 0 Å². The van der Waals surface area contributed by atoms with Crippen molar-refractivity contribution in [2.75, 3.05) is 17.7 Å². The highest BCUT2D eigenvalue weighted by Gasteiger charge is 2.14. The molecule has 0 saturated carbocycles. The summed E-state index contributed by atoms with van der Waals surface area (Å²) >= 11 is 6.90. The average Bonchev–Trinajstić information content (AvgIpc) is 3.12. The Kier molecular flexibility index (Phi) is 5.45. The predicted octanol–water partition coefficient (Wildman–Crippen LogP) is 3.70. The summed E-state index contributed by atoms with van der Waals surface area (Å²) in [5, 5.41) is 7.60. The third-order valence-corrected chi connectivity index (χ3v) is 4.26. The number of methoxy groups -OCH3 is 1. The number of nitrogens with one attached hydrogen (secondary N) is 2. The van der Waals surface area contributed by atoms with Crippen molar-refractivity contribution >= 4 is 45.7 Å². The van der Waals surface area contributed by atoms with Gasteiger partial charge in [-0.3, -0.25) is 14.9 Å². The summed E-state index contributed by atoms with van der Waals surface area (Å²) in [6.07, 6.45) is 1.43. The van der Waals surface area contributed by atoms with Gasteiger partial charge in [0.25, 0.3) is 11.8 Å². The lowest BCUT2D eigenvalue weighted by atomic mass is 10.2. The maximum atomic E-state index is 12.2. The zero-order chi connectivity index (χ0) is 18.5. The molecule has 0 saturated heterocycles. The molecule has 0 bridgehead atoms. The summed E-state index contributed by atoms with van der Waals surface area (Å²) in [6.45, 7) is 0. The zero-order valence-corrected chi connectivity index (χ0v) is 15.1. The maximum Gasteiger partial charge on any atom is 0.276 e. The first kappa shape index (κ1) is 17.8. The van der Waals surface area contributed by atoms with Gasteiger partial charge in [0, 0.05) is 17.1 Å². The fourth-order valence-electron chi connectivity index (χ4n) is 1.98. The minimum absolute atomic E-state index is 0.178. The molecule has 3 aromatic rings. The van der Waals surface area contributed by atoms with Gasteiger partial charge >= 0.3 is 0 Å². The molecule has 2 N–H and O–H groups in total. The van der Waals surface area contributed by atoms with E-state index in [-0.39, 0.29) is 11.6 Å². The Morgan fingerprint density at radius 1 is 1.08 bits per heavy atom. The molecular formula is C17H13ClN4O3S. The lowest BCUT2D eigenvalue weighted by Crippen LogP contribution is -2.14. The Bertz CT molecular complexity index is 926. The van der Waals surface area contributed by atoms with Crippen LogP contribution in [0.1, 0.15) is 20.8 Å². The summed E-state index contributed by atoms with van der Waals surface area (Å²) in [6, 6.07) is 9.86. The molecule has 0 aliphatic carbocycles. The molecule has 0 atom stereocenters. The van der Waals surface area contributed by atoms with E-state index in [9.17, 15) is 9.59 Å². The van der Waals surface area contributed by atoms with Crippen LogP contribution < -0.4 is 15.4 Å². The predicted molar refractivity (Wildman–Crippen MR) is 100 cm³/mol. The maximum absolute atomic E-state index is 12.2. The van der Waals surface area contributed by atoms with E-state index in [1.165, 1.54) is 6.20 Å². The molecule has 1 aromatic carbocycles. The standard InChI is InChI=1S/C17H13ClN4O3S/c1-25-12-5-2-10(3-6-12)15(23)22-17-20-13(9-26-17)16(24)21-14-7-4-11(18)8-19-14/h2-9H,1H3,(H,19,21,24)(H,20,22,23). The van der Waals surface area contributed by atoms with Crippen LogP contribution in [0.25, 0.3) is 0 Å². The van der Waals surface area contributed by atoms with Gasteiger partial charge < -0.3 is 10.1 Å². The molecule has 132 valence electrons. The number of thiazole rings is 1. The van der Waals surface area contributed by atoms with Crippen LogP contribution in [-0.4, -0.2) is 28.9 Å². The van der Waals surface area contributed by atoms with Crippen molar-refractivity contribution in [1.82, 2.24) is 9.97 Å². The lowest BCUT2D eigenvalue weighted by molar-refractivity contribution is 0.101. The molecule has 0 spiro atoms. The highest BCUT2D eigenvalue weighted by atomic mass is 35.5. The molecule has 2 amide bonds. The van der Waals surface area contributed by atoms with Gasteiger partial charge in [0.2, 0.25) is 0 Å². The average molecular weight is 389 g/mol. The molecule has 7 nitrogen and oxygen atoms in total. The second-order valence-electron chi connectivity index (χ2n) is 5.04. The summed E-state index contributed by atoms with van der Waals surface area (Å²) in [5.74, 6) is 0.260. The van der Waals surface area contributed by atoms with E-state index in [1.54, 1.807) is 48.9 Å². The molecule has 0 radical (unpaired) electrons. The first-order chi connectivity index (χ1) is 12.5. The Balaban J connectivity index is 1.64. The minimum Gasteiger partial charge on any atom is -0.497 e. The first-order valence-electron chi connectivity index (χ1n) is 7.39. The number of hydrogen-bond acceptors (Lipinski definition) is 6. The minimum atomic E-state index is -0.430. The van der Waals surface area contributed by atoms with E-state index in [1.807, 2.05) is 0 Å². The van der Waals surface area contributed by atoms with Gasteiger partial charge in [-0.25, -0.2) is 9.97 Å². The number of nitrogens with zero attached hydrogens (tertiary/aromatic N) is 2. The number of carbonyl (C=O) groups excluding carboxylic acids is 2. The van der Waals surface area contributed by atoms with E-state index in [4.69, 9.17) is 16.3 Å². The molecule has 0 aliphatic heterocycles. The molecule has 0 aliphatic rings. The van der Waals surface area contributed by atoms with Crippen molar-refractivity contribution in [3.63, 3.8) is 0 Å². The fraction of sp³-hybridized carbons (Fsp3) is 0.0588. The molecule has 9 heteroatoms. The molecule has 3 rings (SSSR count). The molecule has 0 fully saturated rings. The Hall–Kier alpha value is -2.97. The van der Waals surface area contributed by atoms with Crippen LogP contribution in [0.5, 0.6) is 5.75 Å². The number of halogens is 1. The van der Waals surface area contributed by atoms with Crippen molar-refractivity contribution in [3.05, 3.63) is 64.3 Å². The van der Waals surface area contributed by atoms with Crippen LogP contribution in [0.3, 0.4) is 0 Å². The highest BCUT2D eigenvalue weighted by Crippen LogP contribution is 2.19. The van der Waals surface area contributed by atoms with E-state index in [0.29, 0.717) is 27.3 Å². The number of anilines is 2. The number of pyridine rings is 1. The van der Waals surface area contributed by atoms with E-state index < -0.39 is 5.91 Å². The number of aromatic nitrogens is 2. The Morgan fingerprint density at radius 2 is 1.85 bits per heavy atom. The number of amides is 2. The van der Waals surface area contributed by atoms with Gasteiger partial charge in [0.05, 0.1) is 12.1 Å². The molecule has 26 heavy (non-hydrogen) atoms. The number of benzene rings is 1. The molecular weight excluding hydrogens is 376 g/mol. The highest BCUT2D eigenvalue weighted by molar-refractivity contribution is 7.14. The van der Waals surface area contributed by atoms with Crippen molar-refractivity contribution in [2.24, 2.45) is 0 Å². The molecule has 2 heterocycles. The second-order valence-corrected chi connectivity index (χ2v) is 6.33. The number of carbonyl (C=O) groups is 2. The lowest BCUT2D eigenvalue weighted by Gasteiger charge is -2.03. The summed E-state index contributed by atoms with van der Waals surface area (Å²) in [7, 11) is 1.55. The van der Waals surface area contributed by atoms with Gasteiger partial charge in [0.15, 0.2) is 5.13 Å². The first-order valence-corrected chi connectivity index (χ1v) is 8.65. The number of rotatable bonds is 5. The Morgan fingerprint density at radius 3 is 2.50 bits per heavy atom. The van der Waals surface area contributed by atoms with Crippen molar-refractivity contribution < 1.29 is 14.3 Å². The zero-order valence-electron chi connectivity index (χ0n) is 13.5. The van der Waals surface area contributed by atoms with Crippen molar-refractivity contribution in [1.29, 1.82) is 0 Å². The van der Waals surface area contributed by atoms with E-state index in [2.05, 4.69) is 20.6 Å². The van der Waals surface area contributed by atoms with Crippen LogP contribution in [-0.2, 0) is 0 Å². The Labute approximate surface area is 158 Å². The normalized spacial score (nSPS) is 10.2. The van der Waals surface area contributed by atoms with Gasteiger partial charge in [-0.2, -0.15) is 0 Å². The third kappa shape index (κ3) is 4.35. The third-order valence-electron chi connectivity index (χ3n) is 3.28. The van der Waals surface area contributed by atoms with Crippen LogP contribution in [0.4, 0.5) is 10.9 Å². The fourth-order valence-corrected chi connectivity index (χ4v) is 2.77. The largest absolute Gasteiger partial charge is 0.497 e. The monoisotopic (exact) mass is 388 g/mol. The molecule has 2 aromatic heterocycles. The van der Waals surface area contributed by atoms with Gasteiger partial charge in [-0.15, -0.1) is 11.3 Å². The van der Waals surface area contributed by atoms with Crippen LogP contribution in [0.2, 0.25) is 5.02 Å². The van der Waals surface area contributed by atoms with Gasteiger partial charge in [-0.05, 0) is 36.4 Å². The van der Waals surface area contributed by atoms with Crippen molar-refractivity contribution in [3.8, 4) is 5.75 Å². The summed E-state index contributed by atoms with van der Waals surface area (Å²) in [4.78, 5) is 32.5. The van der Waals surface area contributed by atoms with Crippen LogP contribution >= 0.6 is 22.9 Å². The number of ether oxygens (including phenoxy) is 1. The SMILES string of the molecule is COc1ccc(C(=O)Nc2nc(C(=O)Nc3ccc(Cl)cn3)cs2)cc1. The second kappa shape index (κ2) is 7.94. The topological polar surface area (TPSA) is 93.2 Å². The smallest absolute Gasteiger partial charge is 0.276 e.